The van der Waals surface area contributed by atoms with Crippen LogP contribution in [-0.2, 0) is 13.6 Å². The lowest BCUT2D eigenvalue weighted by Crippen LogP contribution is -1.99. The fraction of sp³-hybridized carbons (Fsp3) is 0.0870. The molecule has 0 bridgehead atoms. The fourth-order valence-electron chi connectivity index (χ4n) is 3.64. The van der Waals surface area contributed by atoms with Crippen LogP contribution in [0.3, 0.4) is 0 Å². The minimum absolute atomic E-state index is 0.0739. The Morgan fingerprint density at radius 3 is 2.71 bits per heavy atom. The first-order chi connectivity index (χ1) is 15.0. The summed E-state index contributed by atoms with van der Waals surface area (Å²) in [6.07, 6.45) is 3.68. The molecule has 3 heterocycles. The van der Waals surface area contributed by atoms with E-state index in [1.807, 2.05) is 59.4 Å². The van der Waals surface area contributed by atoms with Gasteiger partial charge in [0.2, 0.25) is 0 Å². The number of benzene rings is 2. The molecule has 3 aromatic heterocycles. The Morgan fingerprint density at radius 1 is 1.19 bits per heavy atom. The third kappa shape index (κ3) is 3.33. The normalized spacial score (nSPS) is 11.3. The average molecular weight is 411 g/mol. The number of H-pyrrole nitrogens is 1. The predicted molar refractivity (Wildman–Crippen MR) is 120 cm³/mol. The van der Waals surface area contributed by atoms with Crippen molar-refractivity contribution in [1.29, 1.82) is 0 Å². The van der Waals surface area contributed by atoms with E-state index < -0.39 is 0 Å². The minimum atomic E-state index is 0.0739. The highest BCUT2D eigenvalue weighted by atomic mass is 16.3. The zero-order chi connectivity index (χ0) is 21.5. The van der Waals surface area contributed by atoms with Crippen molar-refractivity contribution in [2.75, 3.05) is 0 Å². The summed E-state index contributed by atoms with van der Waals surface area (Å²) in [6, 6.07) is 15.4. The van der Waals surface area contributed by atoms with Crippen LogP contribution in [0, 0.1) is 0 Å². The molecule has 0 spiro atoms. The van der Waals surface area contributed by atoms with E-state index in [9.17, 15) is 5.11 Å². The van der Waals surface area contributed by atoms with E-state index >= 15 is 0 Å². The molecule has 2 aromatic carbocycles. The summed E-state index contributed by atoms with van der Waals surface area (Å²) < 4.78 is 3.49. The van der Waals surface area contributed by atoms with Crippen LogP contribution in [0.1, 0.15) is 11.1 Å². The highest BCUT2D eigenvalue weighted by Crippen LogP contribution is 2.37. The first kappa shape index (κ1) is 18.7. The lowest BCUT2D eigenvalue weighted by Gasteiger charge is -2.03. The summed E-state index contributed by atoms with van der Waals surface area (Å²) >= 11 is 0. The molecule has 0 radical (unpaired) electrons. The number of nitrogens with zero attached hydrogens (tertiary/aromatic N) is 5. The molecule has 0 saturated carbocycles. The van der Waals surface area contributed by atoms with Crippen molar-refractivity contribution in [3.8, 4) is 28.5 Å². The van der Waals surface area contributed by atoms with Gasteiger partial charge in [0.05, 0.1) is 17.6 Å². The Kier molecular flexibility index (Phi) is 4.32. The maximum Gasteiger partial charge on any atom is 0.173 e. The Hall–Kier alpha value is -4.33. The summed E-state index contributed by atoms with van der Waals surface area (Å²) in [5.74, 6) is 0.605. The van der Waals surface area contributed by atoms with Crippen molar-refractivity contribution in [2.24, 2.45) is 12.8 Å². The average Bonchev–Trinajstić information content (AvgIpc) is 3.47. The molecule has 0 aliphatic rings. The monoisotopic (exact) mass is 411 g/mol. The third-order valence-electron chi connectivity index (χ3n) is 5.23. The van der Waals surface area contributed by atoms with Crippen LogP contribution >= 0.6 is 0 Å². The molecule has 0 aliphatic heterocycles. The molecule has 154 valence electrons. The van der Waals surface area contributed by atoms with E-state index in [4.69, 9.17) is 5.73 Å². The van der Waals surface area contributed by atoms with Crippen molar-refractivity contribution in [3.05, 3.63) is 78.6 Å². The second kappa shape index (κ2) is 7.17. The lowest BCUT2D eigenvalue weighted by atomic mass is 10.1. The number of nitrogens with one attached hydrogen (secondary N) is 1. The Balaban J connectivity index is 1.49. The molecule has 8 nitrogen and oxygen atoms in total. The summed E-state index contributed by atoms with van der Waals surface area (Å²) in [6.45, 7) is 4.46. The number of aromatic nitrogens is 6. The number of aromatic amines is 1. The molecule has 0 atom stereocenters. The fourth-order valence-corrected chi connectivity index (χ4v) is 3.64. The number of imidazole rings is 1. The zero-order valence-corrected chi connectivity index (χ0v) is 16.9. The second-order valence-corrected chi connectivity index (χ2v) is 7.41. The Bertz CT molecular complexity index is 1390. The summed E-state index contributed by atoms with van der Waals surface area (Å²) in [4.78, 5) is 7.86. The van der Waals surface area contributed by atoms with E-state index in [1.165, 1.54) is 0 Å². The molecule has 0 unspecified atom stereocenters. The Morgan fingerprint density at radius 2 is 2.00 bits per heavy atom. The van der Waals surface area contributed by atoms with Gasteiger partial charge in [-0.3, -0.25) is 9.36 Å². The van der Waals surface area contributed by atoms with Crippen LogP contribution in [0.4, 0.5) is 0 Å². The van der Waals surface area contributed by atoms with Gasteiger partial charge >= 0.3 is 0 Å². The van der Waals surface area contributed by atoms with Gasteiger partial charge in [0.1, 0.15) is 11.4 Å². The van der Waals surface area contributed by atoms with Crippen LogP contribution in [0.25, 0.3) is 39.5 Å². The maximum absolute atomic E-state index is 11.0. The van der Waals surface area contributed by atoms with E-state index in [0.717, 1.165) is 27.7 Å². The van der Waals surface area contributed by atoms with Gasteiger partial charge in [-0.1, -0.05) is 36.9 Å². The van der Waals surface area contributed by atoms with Gasteiger partial charge < -0.3 is 15.8 Å². The van der Waals surface area contributed by atoms with Crippen molar-refractivity contribution in [3.63, 3.8) is 0 Å². The van der Waals surface area contributed by atoms with Gasteiger partial charge in [-0.15, -0.1) is 0 Å². The SMILES string of the molecule is C=C(N)c1ccc2nc(-c3c(O)c(-c4ccc(Cn5cccn5)cc4)nn3C)[nH]c2c1. The number of rotatable bonds is 5. The highest BCUT2D eigenvalue weighted by molar-refractivity contribution is 5.84. The molecule has 5 rings (SSSR count). The summed E-state index contributed by atoms with van der Waals surface area (Å²) in [5.41, 5.74) is 11.6. The third-order valence-corrected chi connectivity index (χ3v) is 5.23. The molecule has 0 amide bonds. The summed E-state index contributed by atoms with van der Waals surface area (Å²) in [7, 11) is 1.78. The predicted octanol–water partition coefficient (Wildman–Crippen LogP) is 3.51. The standard InChI is InChI=1S/C23H21N7O/c1-14(24)17-8-9-18-19(12-17)27-23(26-18)21-22(31)20(28-29(21)2)16-6-4-15(5-7-16)13-30-11-3-10-25-30/h3-12,31H,1,13,24H2,2H3,(H,26,27). The van der Waals surface area contributed by atoms with E-state index in [2.05, 4.69) is 26.7 Å². The highest BCUT2D eigenvalue weighted by Gasteiger charge is 2.21. The van der Waals surface area contributed by atoms with Crippen molar-refractivity contribution in [1.82, 2.24) is 29.5 Å². The molecule has 8 heteroatoms. The van der Waals surface area contributed by atoms with Crippen LogP contribution in [0.2, 0.25) is 0 Å². The molecule has 31 heavy (non-hydrogen) atoms. The topological polar surface area (TPSA) is 111 Å². The van der Waals surface area contributed by atoms with Crippen LogP contribution in [-0.4, -0.2) is 34.6 Å². The maximum atomic E-state index is 11.0. The summed E-state index contributed by atoms with van der Waals surface area (Å²) in [5, 5.41) is 19.7. The largest absolute Gasteiger partial charge is 0.504 e. The van der Waals surface area contributed by atoms with Gasteiger partial charge in [-0.25, -0.2) is 4.98 Å². The molecule has 0 aliphatic carbocycles. The quantitative estimate of drug-likeness (QED) is 0.410. The molecule has 0 saturated heterocycles. The number of aryl methyl sites for hydroxylation is 1. The smallest absolute Gasteiger partial charge is 0.173 e. The van der Waals surface area contributed by atoms with Gasteiger partial charge in [0.25, 0.3) is 0 Å². The van der Waals surface area contributed by atoms with Crippen molar-refractivity contribution < 1.29 is 5.11 Å². The molecule has 0 fully saturated rings. The molecule has 5 aromatic rings. The first-order valence-electron chi connectivity index (χ1n) is 9.77. The lowest BCUT2D eigenvalue weighted by molar-refractivity contribution is 0.478. The molecular weight excluding hydrogens is 390 g/mol. The number of aromatic hydroxyl groups is 1. The molecular formula is C23H21N7O. The van der Waals surface area contributed by atoms with Crippen molar-refractivity contribution in [2.45, 2.75) is 6.54 Å². The minimum Gasteiger partial charge on any atom is -0.504 e. The van der Waals surface area contributed by atoms with Gasteiger partial charge in [0, 0.05) is 30.7 Å². The van der Waals surface area contributed by atoms with Gasteiger partial charge in [-0.2, -0.15) is 10.2 Å². The zero-order valence-electron chi connectivity index (χ0n) is 16.9. The number of nitrogens with two attached hydrogens (primary N) is 1. The number of fused-ring (bicyclic) bond motifs is 1. The number of hydrogen-bond donors (Lipinski definition) is 3. The second-order valence-electron chi connectivity index (χ2n) is 7.41. The van der Waals surface area contributed by atoms with E-state index in [0.29, 0.717) is 29.5 Å². The van der Waals surface area contributed by atoms with E-state index in [-0.39, 0.29) is 5.75 Å². The first-order valence-corrected chi connectivity index (χ1v) is 9.77. The van der Waals surface area contributed by atoms with Crippen LogP contribution in [0.5, 0.6) is 5.75 Å². The van der Waals surface area contributed by atoms with Gasteiger partial charge in [-0.05, 0) is 29.3 Å². The van der Waals surface area contributed by atoms with E-state index in [1.54, 1.807) is 17.9 Å². The number of hydrogen-bond acceptors (Lipinski definition) is 5. The van der Waals surface area contributed by atoms with Crippen molar-refractivity contribution >= 4 is 16.7 Å². The Labute approximate surface area is 178 Å². The van der Waals surface area contributed by atoms with Crippen LogP contribution < -0.4 is 5.73 Å². The van der Waals surface area contributed by atoms with Gasteiger partial charge in [0.15, 0.2) is 11.6 Å². The molecule has 4 N–H and O–H groups in total. The van der Waals surface area contributed by atoms with Crippen LogP contribution in [0.15, 0.2) is 67.5 Å².